The monoisotopic (exact) mass is 703 g/mol. The first kappa shape index (κ1) is 38.1. The van der Waals surface area contributed by atoms with Crippen LogP contribution in [0.4, 0.5) is 8.78 Å². The van der Waals surface area contributed by atoms with E-state index in [-0.39, 0.29) is 31.4 Å². The highest BCUT2D eigenvalue weighted by Crippen LogP contribution is 2.22. The Morgan fingerprint density at radius 3 is 2.25 bits per heavy atom. The molecule has 9 nitrogen and oxygen atoms in total. The maximum Gasteiger partial charge on any atom is 0.249 e. The zero-order valence-corrected chi connectivity index (χ0v) is 30.0. The van der Waals surface area contributed by atoms with Gasteiger partial charge in [-0.2, -0.15) is 0 Å². The fourth-order valence-electron chi connectivity index (χ4n) is 7.05. The molecule has 0 saturated carbocycles. The van der Waals surface area contributed by atoms with E-state index in [0.29, 0.717) is 24.8 Å². The summed E-state index contributed by atoms with van der Waals surface area (Å²) in [5.74, 6) is -3.23. The van der Waals surface area contributed by atoms with E-state index in [2.05, 4.69) is 22.6 Å². The number of hydrogen-bond donors (Lipinski definition) is 2. The number of nitrogens with one attached hydrogen (secondary N) is 2. The molecule has 5 rings (SSSR count). The van der Waals surface area contributed by atoms with Crippen molar-refractivity contribution in [2.75, 3.05) is 54.0 Å². The van der Waals surface area contributed by atoms with Gasteiger partial charge in [0.2, 0.25) is 17.7 Å². The number of likely N-dealkylation sites (N-methyl/N-ethyl adjacent to an activating group) is 2. The lowest BCUT2D eigenvalue weighted by molar-refractivity contribution is -0.149. The van der Waals surface area contributed by atoms with Crippen molar-refractivity contribution in [1.82, 2.24) is 25.3 Å². The minimum atomic E-state index is -1.04. The van der Waals surface area contributed by atoms with E-state index in [1.807, 2.05) is 54.6 Å². The minimum Gasteiger partial charge on any atom is -0.370 e. The smallest absolute Gasteiger partial charge is 0.249 e. The van der Waals surface area contributed by atoms with Crippen molar-refractivity contribution in [3.8, 4) is 11.1 Å². The van der Waals surface area contributed by atoms with Gasteiger partial charge in [0, 0.05) is 45.6 Å². The van der Waals surface area contributed by atoms with E-state index in [4.69, 9.17) is 4.74 Å². The first-order valence-electron chi connectivity index (χ1n) is 18.0. The van der Waals surface area contributed by atoms with Gasteiger partial charge in [-0.1, -0.05) is 60.7 Å². The standard InChI is InChI=1S/C40H51F2N5O4/c1-45-22-8-12-33(45)19-21-44-39(49)36(25-29-15-18-34(41)35(42)23-29)47(3)40(50)37(46(2)38(48)27-51-26-32-11-7-20-43-32)24-28-13-16-31(17-14-28)30-9-5-4-6-10-30/h4-6,9-10,13-18,23,32-33,36-37,43H,7-8,11-12,19-22,24-27H2,1-3H3,(H,44,49)/t32-,33?,36+,37+/m0/s1. The molecule has 4 atom stereocenters. The molecule has 0 aromatic heterocycles. The average Bonchev–Trinajstić information content (AvgIpc) is 3.82. The van der Waals surface area contributed by atoms with E-state index >= 15 is 0 Å². The third-order valence-electron chi connectivity index (χ3n) is 10.3. The topological polar surface area (TPSA) is 94.2 Å². The number of amides is 3. The molecule has 2 saturated heterocycles. The summed E-state index contributed by atoms with van der Waals surface area (Å²) in [6, 6.07) is 19.8. The number of carbonyl (C=O) groups excluding carboxylic acids is 3. The summed E-state index contributed by atoms with van der Waals surface area (Å²) < 4.78 is 33.9. The summed E-state index contributed by atoms with van der Waals surface area (Å²) in [6.07, 6.45) is 5.11. The van der Waals surface area contributed by atoms with Gasteiger partial charge in [-0.25, -0.2) is 8.78 Å². The average molecular weight is 704 g/mol. The molecule has 51 heavy (non-hydrogen) atoms. The van der Waals surface area contributed by atoms with Crippen molar-refractivity contribution in [1.29, 1.82) is 0 Å². The summed E-state index contributed by atoms with van der Waals surface area (Å²) in [7, 11) is 5.18. The van der Waals surface area contributed by atoms with Crippen LogP contribution in [0.2, 0.25) is 0 Å². The molecule has 0 aliphatic carbocycles. The number of rotatable bonds is 16. The summed E-state index contributed by atoms with van der Waals surface area (Å²) in [6.45, 7) is 2.55. The van der Waals surface area contributed by atoms with Crippen molar-refractivity contribution in [2.24, 2.45) is 0 Å². The molecule has 2 aliphatic rings. The molecular formula is C40H51F2N5O4. The molecule has 11 heteroatoms. The SMILES string of the molecule is CN1CCCC1CCNC(=O)[C@@H](Cc1ccc(F)c(F)c1)N(C)C(=O)[C@@H](Cc1ccc(-c2ccccc2)cc1)N(C)C(=O)COC[C@@H]1CCCN1. The maximum absolute atomic E-state index is 14.5. The lowest BCUT2D eigenvalue weighted by Gasteiger charge is -2.35. The Bertz CT molecular complexity index is 1600. The summed E-state index contributed by atoms with van der Waals surface area (Å²) >= 11 is 0. The van der Waals surface area contributed by atoms with Gasteiger partial charge in [-0.3, -0.25) is 14.4 Å². The van der Waals surface area contributed by atoms with Gasteiger partial charge in [0.15, 0.2) is 11.6 Å². The van der Waals surface area contributed by atoms with Crippen LogP contribution in [0.3, 0.4) is 0 Å². The summed E-state index contributed by atoms with van der Waals surface area (Å²) in [5, 5.41) is 6.35. The molecule has 2 aliphatic heterocycles. The predicted molar refractivity (Wildman–Crippen MR) is 194 cm³/mol. The van der Waals surface area contributed by atoms with E-state index in [1.54, 1.807) is 7.05 Å². The first-order valence-corrected chi connectivity index (χ1v) is 18.0. The highest BCUT2D eigenvalue weighted by atomic mass is 19.2. The van der Waals surface area contributed by atoms with Crippen LogP contribution in [-0.4, -0.2) is 111 Å². The second-order valence-corrected chi connectivity index (χ2v) is 13.9. The van der Waals surface area contributed by atoms with Crippen molar-refractivity contribution in [2.45, 2.75) is 69.1 Å². The quantitative estimate of drug-likeness (QED) is 0.229. The number of nitrogens with zero attached hydrogens (tertiary/aromatic N) is 3. The zero-order chi connectivity index (χ0) is 36.3. The van der Waals surface area contributed by atoms with E-state index in [1.165, 1.54) is 22.9 Å². The van der Waals surface area contributed by atoms with Crippen LogP contribution in [0.25, 0.3) is 11.1 Å². The van der Waals surface area contributed by atoms with Crippen molar-refractivity contribution >= 4 is 17.7 Å². The van der Waals surface area contributed by atoms with E-state index in [9.17, 15) is 23.2 Å². The van der Waals surface area contributed by atoms with E-state index < -0.39 is 35.5 Å². The molecule has 3 aromatic carbocycles. The molecule has 0 spiro atoms. The third-order valence-corrected chi connectivity index (χ3v) is 10.3. The molecule has 2 heterocycles. The van der Waals surface area contributed by atoms with Gasteiger partial charge in [-0.15, -0.1) is 0 Å². The highest BCUT2D eigenvalue weighted by Gasteiger charge is 2.35. The number of likely N-dealkylation sites (tertiary alicyclic amines) is 1. The Balaban J connectivity index is 1.36. The molecule has 0 radical (unpaired) electrons. The molecule has 3 aromatic rings. The lowest BCUT2D eigenvalue weighted by atomic mass is 9.98. The number of benzene rings is 3. The lowest BCUT2D eigenvalue weighted by Crippen LogP contribution is -2.56. The van der Waals surface area contributed by atoms with Crippen LogP contribution in [0.1, 0.15) is 43.2 Å². The predicted octanol–water partition coefficient (Wildman–Crippen LogP) is 4.44. The highest BCUT2D eigenvalue weighted by molar-refractivity contribution is 5.92. The van der Waals surface area contributed by atoms with Crippen molar-refractivity contribution in [3.05, 3.63) is 95.6 Å². The summed E-state index contributed by atoms with van der Waals surface area (Å²) in [4.78, 5) is 46.9. The van der Waals surface area contributed by atoms with Gasteiger partial charge in [-0.05, 0) is 86.6 Å². The Morgan fingerprint density at radius 1 is 0.882 bits per heavy atom. The Morgan fingerprint density at radius 2 is 1.59 bits per heavy atom. The van der Waals surface area contributed by atoms with E-state index in [0.717, 1.165) is 74.0 Å². The second-order valence-electron chi connectivity index (χ2n) is 13.9. The molecule has 2 N–H and O–H groups in total. The first-order chi connectivity index (χ1) is 24.6. The maximum atomic E-state index is 14.5. The Labute approximate surface area is 300 Å². The molecular weight excluding hydrogens is 652 g/mol. The van der Waals surface area contributed by atoms with Gasteiger partial charge >= 0.3 is 0 Å². The Kier molecular flexibility index (Phi) is 13.7. The molecule has 3 amide bonds. The molecule has 0 bridgehead atoms. The van der Waals surface area contributed by atoms with Crippen molar-refractivity contribution in [3.63, 3.8) is 0 Å². The fraction of sp³-hybridized carbons (Fsp3) is 0.475. The molecule has 2 fully saturated rings. The van der Waals surface area contributed by atoms with Gasteiger partial charge in [0.05, 0.1) is 6.61 Å². The van der Waals surface area contributed by atoms with Gasteiger partial charge < -0.3 is 30.1 Å². The van der Waals surface area contributed by atoms with Crippen LogP contribution >= 0.6 is 0 Å². The van der Waals surface area contributed by atoms with Crippen LogP contribution in [0.15, 0.2) is 72.8 Å². The third kappa shape index (κ3) is 10.4. The zero-order valence-electron chi connectivity index (χ0n) is 30.0. The van der Waals surface area contributed by atoms with Crippen LogP contribution in [0, 0.1) is 11.6 Å². The van der Waals surface area contributed by atoms with Crippen LogP contribution in [-0.2, 0) is 32.0 Å². The number of carbonyl (C=O) groups is 3. The number of ether oxygens (including phenoxy) is 1. The molecule has 1 unspecified atom stereocenters. The summed E-state index contributed by atoms with van der Waals surface area (Å²) in [5.41, 5.74) is 3.28. The molecule has 274 valence electrons. The van der Waals surface area contributed by atoms with Crippen LogP contribution in [0.5, 0.6) is 0 Å². The van der Waals surface area contributed by atoms with Crippen LogP contribution < -0.4 is 10.6 Å². The van der Waals surface area contributed by atoms with Crippen molar-refractivity contribution < 1.29 is 27.9 Å². The van der Waals surface area contributed by atoms with Gasteiger partial charge in [0.1, 0.15) is 18.7 Å². The fourth-order valence-corrected chi connectivity index (χ4v) is 7.05. The minimum absolute atomic E-state index is 0.0394. The second kappa shape index (κ2) is 18.3. The van der Waals surface area contributed by atoms with Gasteiger partial charge in [0.25, 0.3) is 0 Å². The largest absolute Gasteiger partial charge is 0.370 e. The normalized spacial score (nSPS) is 18.7. The Hall–Kier alpha value is -4.19. The number of hydrogen-bond acceptors (Lipinski definition) is 6. The number of halogens is 2.